The van der Waals surface area contributed by atoms with Crippen molar-refractivity contribution in [2.45, 2.75) is 26.3 Å². The predicted octanol–water partition coefficient (Wildman–Crippen LogP) is 1.56. The number of rotatable bonds is 1. The van der Waals surface area contributed by atoms with Crippen LogP contribution < -0.4 is 5.32 Å². The van der Waals surface area contributed by atoms with E-state index >= 15 is 0 Å². The minimum Gasteiger partial charge on any atom is -0.364 e. The third-order valence-corrected chi connectivity index (χ3v) is 1.66. The lowest BCUT2D eigenvalue weighted by molar-refractivity contribution is 0.630. The van der Waals surface area contributed by atoms with Gasteiger partial charge in [-0.15, -0.1) is 0 Å². The van der Waals surface area contributed by atoms with Crippen molar-refractivity contribution in [3.05, 3.63) is 12.4 Å². The van der Waals surface area contributed by atoms with Gasteiger partial charge in [0, 0.05) is 5.54 Å². The van der Waals surface area contributed by atoms with Crippen molar-refractivity contribution >= 4 is 17.0 Å². The number of anilines is 1. The van der Waals surface area contributed by atoms with Gasteiger partial charge in [0.15, 0.2) is 5.65 Å². The maximum absolute atomic E-state index is 4.35. The molecular weight excluding hydrogens is 178 g/mol. The van der Waals surface area contributed by atoms with E-state index in [0.29, 0.717) is 5.65 Å². The summed E-state index contributed by atoms with van der Waals surface area (Å²) in [7, 11) is 0. The molecule has 2 aromatic rings. The molecule has 0 radical (unpaired) electrons. The Balaban J connectivity index is 2.35. The molecule has 74 valence electrons. The van der Waals surface area contributed by atoms with E-state index in [1.807, 2.05) is 0 Å². The highest BCUT2D eigenvalue weighted by atomic mass is 15.2. The Morgan fingerprint density at radius 3 is 2.79 bits per heavy atom. The third kappa shape index (κ3) is 1.81. The normalized spacial score (nSPS) is 11.9. The van der Waals surface area contributed by atoms with Crippen molar-refractivity contribution in [3.8, 4) is 0 Å². The maximum atomic E-state index is 4.35. The summed E-state index contributed by atoms with van der Waals surface area (Å²) in [6.07, 6.45) is 3.36. The molecule has 0 aliphatic carbocycles. The fourth-order valence-corrected chi connectivity index (χ4v) is 1.18. The van der Waals surface area contributed by atoms with Crippen LogP contribution in [0, 0.1) is 0 Å². The summed E-state index contributed by atoms with van der Waals surface area (Å²) in [6.45, 7) is 6.23. The van der Waals surface area contributed by atoms with Crippen LogP contribution in [-0.4, -0.2) is 25.7 Å². The molecule has 0 atom stereocenters. The van der Waals surface area contributed by atoms with Crippen molar-refractivity contribution < 1.29 is 0 Å². The molecule has 0 aliphatic heterocycles. The van der Waals surface area contributed by atoms with E-state index in [9.17, 15) is 0 Å². The summed E-state index contributed by atoms with van der Waals surface area (Å²) in [4.78, 5) is 8.54. The molecule has 0 spiro atoms. The van der Waals surface area contributed by atoms with Crippen LogP contribution in [0.3, 0.4) is 0 Å². The Kier molecular flexibility index (Phi) is 1.87. The predicted molar refractivity (Wildman–Crippen MR) is 55.1 cm³/mol. The summed E-state index contributed by atoms with van der Waals surface area (Å²) in [5.41, 5.74) is 1.48. The number of aromatic nitrogens is 4. The van der Waals surface area contributed by atoms with Gasteiger partial charge in [-0.25, -0.2) is 9.97 Å². The van der Waals surface area contributed by atoms with E-state index in [2.05, 4.69) is 46.3 Å². The molecule has 0 saturated heterocycles. The first-order chi connectivity index (χ1) is 6.54. The van der Waals surface area contributed by atoms with Crippen molar-refractivity contribution in [1.82, 2.24) is 20.2 Å². The molecule has 0 unspecified atom stereocenters. The molecule has 0 amide bonds. The Morgan fingerprint density at radius 1 is 1.29 bits per heavy atom. The lowest BCUT2D eigenvalue weighted by Crippen LogP contribution is -2.26. The smallest absolute Gasteiger partial charge is 0.174 e. The highest BCUT2D eigenvalue weighted by molar-refractivity contribution is 5.70. The lowest BCUT2D eigenvalue weighted by Gasteiger charge is -2.20. The van der Waals surface area contributed by atoms with Crippen molar-refractivity contribution in [2.24, 2.45) is 0 Å². The minimum atomic E-state index is -0.00784. The molecule has 2 heterocycles. The summed E-state index contributed by atoms with van der Waals surface area (Å²) in [5.74, 6) is 0.770. The zero-order chi connectivity index (χ0) is 10.2. The number of fused-ring (bicyclic) bond motifs is 1. The molecule has 5 heteroatoms. The lowest BCUT2D eigenvalue weighted by atomic mass is 10.1. The quantitative estimate of drug-likeness (QED) is 0.718. The van der Waals surface area contributed by atoms with E-state index in [-0.39, 0.29) is 5.54 Å². The van der Waals surface area contributed by atoms with Gasteiger partial charge in [0.05, 0.1) is 12.4 Å². The zero-order valence-corrected chi connectivity index (χ0v) is 8.50. The second-order valence-electron chi connectivity index (χ2n) is 4.23. The average molecular weight is 191 g/mol. The first-order valence-electron chi connectivity index (χ1n) is 4.49. The van der Waals surface area contributed by atoms with Crippen LogP contribution in [0.1, 0.15) is 20.8 Å². The first kappa shape index (κ1) is 8.93. The fourth-order valence-electron chi connectivity index (χ4n) is 1.18. The zero-order valence-electron chi connectivity index (χ0n) is 8.50. The van der Waals surface area contributed by atoms with E-state index < -0.39 is 0 Å². The van der Waals surface area contributed by atoms with Crippen LogP contribution in [0.25, 0.3) is 11.2 Å². The number of nitrogens with zero attached hydrogens (tertiary/aromatic N) is 3. The standard InChI is InChI=1S/C9H13N5/c1-9(2,3)13-7-5-10-8-6(12-7)4-11-14-8/h4-5H,1-3H3,(H,12,13)(H,10,11,14). The SMILES string of the molecule is CC(C)(C)Nc1cnc2[nH]ncc2n1. The fraction of sp³-hybridized carbons (Fsp3) is 0.444. The summed E-state index contributed by atoms with van der Waals surface area (Å²) >= 11 is 0. The largest absolute Gasteiger partial charge is 0.364 e. The van der Waals surface area contributed by atoms with Gasteiger partial charge in [-0.05, 0) is 20.8 Å². The molecule has 5 nitrogen and oxygen atoms in total. The van der Waals surface area contributed by atoms with Gasteiger partial charge in [0.25, 0.3) is 0 Å². The maximum Gasteiger partial charge on any atom is 0.174 e. The first-order valence-corrected chi connectivity index (χ1v) is 4.49. The monoisotopic (exact) mass is 191 g/mol. The van der Waals surface area contributed by atoms with Crippen LogP contribution >= 0.6 is 0 Å². The van der Waals surface area contributed by atoms with Crippen molar-refractivity contribution in [2.75, 3.05) is 5.32 Å². The molecule has 2 aromatic heterocycles. The Morgan fingerprint density at radius 2 is 2.07 bits per heavy atom. The molecule has 0 fully saturated rings. The van der Waals surface area contributed by atoms with Crippen LogP contribution in [-0.2, 0) is 0 Å². The van der Waals surface area contributed by atoms with Gasteiger partial charge in [-0.3, -0.25) is 5.10 Å². The minimum absolute atomic E-state index is 0.00784. The molecule has 14 heavy (non-hydrogen) atoms. The Hall–Kier alpha value is -1.65. The summed E-state index contributed by atoms with van der Waals surface area (Å²) in [5, 5.41) is 9.87. The molecule has 0 aliphatic rings. The van der Waals surface area contributed by atoms with Gasteiger partial charge in [-0.2, -0.15) is 5.10 Å². The van der Waals surface area contributed by atoms with E-state index in [1.54, 1.807) is 12.4 Å². The highest BCUT2D eigenvalue weighted by Gasteiger charge is 2.10. The number of H-pyrrole nitrogens is 1. The van der Waals surface area contributed by atoms with Crippen molar-refractivity contribution in [3.63, 3.8) is 0 Å². The average Bonchev–Trinajstić information content (AvgIpc) is 2.47. The third-order valence-electron chi connectivity index (χ3n) is 1.66. The van der Waals surface area contributed by atoms with Gasteiger partial charge in [0.2, 0.25) is 0 Å². The molecule has 2 N–H and O–H groups in total. The highest BCUT2D eigenvalue weighted by Crippen LogP contribution is 2.13. The van der Waals surface area contributed by atoms with Crippen LogP contribution in [0.2, 0.25) is 0 Å². The van der Waals surface area contributed by atoms with Gasteiger partial charge >= 0.3 is 0 Å². The molecular formula is C9H13N5. The molecule has 0 saturated carbocycles. The topological polar surface area (TPSA) is 66.5 Å². The number of hydrogen-bond acceptors (Lipinski definition) is 4. The van der Waals surface area contributed by atoms with Crippen molar-refractivity contribution in [1.29, 1.82) is 0 Å². The molecule has 0 aromatic carbocycles. The van der Waals surface area contributed by atoms with E-state index in [4.69, 9.17) is 0 Å². The second kappa shape index (κ2) is 2.94. The van der Waals surface area contributed by atoms with Crippen LogP contribution in [0.4, 0.5) is 5.82 Å². The number of nitrogens with one attached hydrogen (secondary N) is 2. The number of aromatic amines is 1. The Bertz CT molecular complexity index is 440. The number of hydrogen-bond donors (Lipinski definition) is 2. The Labute approximate surface area is 82.0 Å². The van der Waals surface area contributed by atoms with E-state index in [0.717, 1.165) is 11.3 Å². The second-order valence-corrected chi connectivity index (χ2v) is 4.23. The van der Waals surface area contributed by atoms with Gasteiger partial charge in [-0.1, -0.05) is 0 Å². The van der Waals surface area contributed by atoms with Gasteiger partial charge < -0.3 is 5.32 Å². The van der Waals surface area contributed by atoms with Gasteiger partial charge in [0.1, 0.15) is 11.3 Å². The van der Waals surface area contributed by atoms with Crippen LogP contribution in [0.15, 0.2) is 12.4 Å². The summed E-state index contributed by atoms with van der Waals surface area (Å²) in [6, 6.07) is 0. The molecule has 2 rings (SSSR count). The summed E-state index contributed by atoms with van der Waals surface area (Å²) < 4.78 is 0. The van der Waals surface area contributed by atoms with E-state index in [1.165, 1.54) is 0 Å². The molecule has 0 bridgehead atoms. The van der Waals surface area contributed by atoms with Crippen LogP contribution in [0.5, 0.6) is 0 Å².